The van der Waals surface area contributed by atoms with Gasteiger partial charge in [0, 0.05) is 57.1 Å². The fourth-order valence-corrected chi connectivity index (χ4v) is 2.81. The van der Waals surface area contributed by atoms with E-state index in [2.05, 4.69) is 60.1 Å². The van der Waals surface area contributed by atoms with Gasteiger partial charge in [0.15, 0.2) is 0 Å². The number of anilines is 1. The third-order valence-corrected chi connectivity index (χ3v) is 3.90. The molecular weight excluding hydrogens is 248 g/mol. The molecule has 1 aliphatic rings. The molecule has 0 saturated heterocycles. The molecule has 0 bridgehead atoms. The number of nitrogens with zero attached hydrogens (tertiary/aromatic N) is 3. The Hall–Kier alpha value is -1.81. The lowest BCUT2D eigenvalue weighted by Gasteiger charge is -2.17. The summed E-state index contributed by atoms with van der Waals surface area (Å²) in [4.78, 5) is 6.92. The third-order valence-electron chi connectivity index (χ3n) is 3.90. The predicted octanol–water partition coefficient (Wildman–Crippen LogP) is 2.15. The summed E-state index contributed by atoms with van der Waals surface area (Å²) in [6.45, 7) is 4.11. The first-order chi connectivity index (χ1) is 9.70. The van der Waals surface area contributed by atoms with E-state index in [1.165, 1.54) is 22.8 Å². The number of nitrogens with one attached hydrogen (secondary N) is 1. The lowest BCUT2D eigenvalue weighted by atomic mass is 10.1. The molecule has 0 aliphatic carbocycles. The van der Waals surface area contributed by atoms with E-state index in [1.54, 1.807) is 0 Å². The maximum absolute atomic E-state index is 4.79. The quantitative estimate of drug-likeness (QED) is 0.927. The van der Waals surface area contributed by atoms with E-state index in [0.29, 0.717) is 0 Å². The monoisotopic (exact) mass is 270 g/mol. The highest BCUT2D eigenvalue weighted by Gasteiger charge is 2.19. The molecule has 1 aromatic carbocycles. The fraction of sp³-hybridized carbons (Fsp3) is 0.438. The van der Waals surface area contributed by atoms with Crippen LogP contribution in [0.4, 0.5) is 5.69 Å². The maximum atomic E-state index is 4.79. The van der Waals surface area contributed by atoms with Crippen LogP contribution in [-0.4, -0.2) is 30.2 Å². The van der Waals surface area contributed by atoms with Crippen molar-refractivity contribution in [3.05, 3.63) is 41.5 Å². The van der Waals surface area contributed by atoms with Crippen LogP contribution in [-0.2, 0) is 19.4 Å². The number of fused-ring (bicyclic) bond motifs is 1. The number of benzene rings is 1. The number of aryl methyl sites for hydroxylation is 1. The predicted molar refractivity (Wildman–Crippen MR) is 82.7 cm³/mol. The second-order valence-electron chi connectivity index (χ2n) is 5.45. The summed E-state index contributed by atoms with van der Waals surface area (Å²) >= 11 is 0. The molecule has 106 valence electrons. The van der Waals surface area contributed by atoms with Crippen molar-refractivity contribution >= 4 is 5.69 Å². The summed E-state index contributed by atoms with van der Waals surface area (Å²) in [7, 11) is 4.13. The first-order valence-electron chi connectivity index (χ1n) is 7.28. The average molecular weight is 270 g/mol. The van der Waals surface area contributed by atoms with Gasteiger partial charge in [0.1, 0.15) is 5.82 Å². The van der Waals surface area contributed by atoms with Crippen molar-refractivity contribution in [3.63, 3.8) is 0 Å². The van der Waals surface area contributed by atoms with Gasteiger partial charge in [-0.05, 0) is 24.3 Å². The zero-order chi connectivity index (χ0) is 14.1. The zero-order valence-electron chi connectivity index (χ0n) is 12.5. The molecule has 1 aliphatic heterocycles. The molecule has 0 amide bonds. The molecule has 0 spiro atoms. The van der Waals surface area contributed by atoms with Crippen LogP contribution in [0.25, 0.3) is 5.69 Å². The van der Waals surface area contributed by atoms with Gasteiger partial charge in [-0.15, -0.1) is 0 Å². The standard InChI is InChI=1S/C16H22N4/c1-4-16-18-14-11-17-10-9-15(14)20(16)13-7-5-12(6-8-13)19(2)3/h5-8,17H,4,9-11H2,1-3H3. The molecule has 0 radical (unpaired) electrons. The second kappa shape index (κ2) is 5.29. The van der Waals surface area contributed by atoms with E-state index in [0.717, 1.165) is 31.8 Å². The molecule has 3 rings (SSSR count). The van der Waals surface area contributed by atoms with E-state index < -0.39 is 0 Å². The molecule has 0 unspecified atom stereocenters. The molecule has 0 fully saturated rings. The summed E-state index contributed by atoms with van der Waals surface area (Å²) in [5, 5.41) is 3.40. The molecule has 0 saturated carbocycles. The highest BCUT2D eigenvalue weighted by molar-refractivity contribution is 5.51. The normalized spacial score (nSPS) is 14.2. The molecule has 20 heavy (non-hydrogen) atoms. The van der Waals surface area contributed by atoms with Crippen LogP contribution < -0.4 is 10.2 Å². The van der Waals surface area contributed by atoms with Crippen LogP contribution in [0.2, 0.25) is 0 Å². The second-order valence-corrected chi connectivity index (χ2v) is 5.45. The number of aromatic nitrogens is 2. The highest BCUT2D eigenvalue weighted by Crippen LogP contribution is 2.23. The van der Waals surface area contributed by atoms with Crippen molar-refractivity contribution < 1.29 is 0 Å². The molecule has 4 nitrogen and oxygen atoms in total. The Balaban J connectivity index is 2.06. The van der Waals surface area contributed by atoms with Crippen molar-refractivity contribution in [1.82, 2.24) is 14.9 Å². The van der Waals surface area contributed by atoms with Crippen LogP contribution >= 0.6 is 0 Å². The molecular formula is C16H22N4. The Morgan fingerprint density at radius 1 is 1.25 bits per heavy atom. The largest absolute Gasteiger partial charge is 0.378 e. The van der Waals surface area contributed by atoms with E-state index in [9.17, 15) is 0 Å². The average Bonchev–Trinajstić information content (AvgIpc) is 2.85. The van der Waals surface area contributed by atoms with Gasteiger partial charge in [0.05, 0.1) is 5.69 Å². The van der Waals surface area contributed by atoms with E-state index in [-0.39, 0.29) is 0 Å². The smallest absolute Gasteiger partial charge is 0.113 e. The van der Waals surface area contributed by atoms with Crippen LogP contribution in [0, 0.1) is 0 Å². The Labute approximate surface area is 120 Å². The maximum Gasteiger partial charge on any atom is 0.113 e. The molecule has 2 heterocycles. The minimum atomic E-state index is 0.894. The molecule has 1 aromatic heterocycles. The minimum Gasteiger partial charge on any atom is -0.378 e. The molecule has 2 aromatic rings. The Morgan fingerprint density at radius 2 is 2.00 bits per heavy atom. The summed E-state index contributed by atoms with van der Waals surface area (Å²) in [5.74, 6) is 1.16. The summed E-state index contributed by atoms with van der Waals surface area (Å²) < 4.78 is 2.34. The van der Waals surface area contributed by atoms with Gasteiger partial charge in [-0.25, -0.2) is 4.98 Å². The number of rotatable bonds is 3. The van der Waals surface area contributed by atoms with Gasteiger partial charge >= 0.3 is 0 Å². The van der Waals surface area contributed by atoms with Gasteiger partial charge in [-0.3, -0.25) is 0 Å². The van der Waals surface area contributed by atoms with Gasteiger partial charge in [-0.2, -0.15) is 0 Å². The highest BCUT2D eigenvalue weighted by atomic mass is 15.1. The number of hydrogen-bond acceptors (Lipinski definition) is 3. The Bertz CT molecular complexity index is 596. The summed E-state index contributed by atoms with van der Waals surface area (Å²) in [5.41, 5.74) is 5.04. The van der Waals surface area contributed by atoms with Crippen molar-refractivity contribution in [2.75, 3.05) is 25.5 Å². The SMILES string of the molecule is CCc1nc2c(n1-c1ccc(N(C)C)cc1)CCNC2. The van der Waals surface area contributed by atoms with Gasteiger partial charge in [0.2, 0.25) is 0 Å². The Morgan fingerprint density at radius 3 is 2.65 bits per heavy atom. The molecule has 0 atom stereocenters. The van der Waals surface area contributed by atoms with Gasteiger partial charge in [0.25, 0.3) is 0 Å². The summed E-state index contributed by atoms with van der Waals surface area (Å²) in [6.07, 6.45) is 2.01. The van der Waals surface area contributed by atoms with E-state index in [4.69, 9.17) is 4.98 Å². The van der Waals surface area contributed by atoms with Crippen LogP contribution in [0.3, 0.4) is 0 Å². The van der Waals surface area contributed by atoms with Crippen molar-refractivity contribution in [2.24, 2.45) is 0 Å². The van der Waals surface area contributed by atoms with Crippen LogP contribution in [0.1, 0.15) is 24.1 Å². The van der Waals surface area contributed by atoms with Crippen LogP contribution in [0.15, 0.2) is 24.3 Å². The molecule has 4 heteroatoms. The molecule has 1 N–H and O–H groups in total. The lowest BCUT2D eigenvalue weighted by molar-refractivity contribution is 0.620. The fourth-order valence-electron chi connectivity index (χ4n) is 2.81. The Kier molecular flexibility index (Phi) is 3.49. The topological polar surface area (TPSA) is 33.1 Å². The van der Waals surface area contributed by atoms with E-state index in [1.807, 2.05) is 0 Å². The lowest BCUT2D eigenvalue weighted by Crippen LogP contribution is -2.24. The number of hydrogen-bond donors (Lipinski definition) is 1. The van der Waals surface area contributed by atoms with E-state index >= 15 is 0 Å². The summed E-state index contributed by atoms with van der Waals surface area (Å²) in [6, 6.07) is 8.72. The zero-order valence-corrected chi connectivity index (χ0v) is 12.5. The first-order valence-corrected chi connectivity index (χ1v) is 7.28. The number of imidazole rings is 1. The third kappa shape index (κ3) is 2.20. The van der Waals surface area contributed by atoms with Gasteiger partial charge in [-0.1, -0.05) is 6.92 Å². The first kappa shape index (κ1) is 13.2. The van der Waals surface area contributed by atoms with Gasteiger partial charge < -0.3 is 14.8 Å². The van der Waals surface area contributed by atoms with Crippen LogP contribution in [0.5, 0.6) is 0 Å². The van der Waals surface area contributed by atoms with Crippen molar-refractivity contribution in [3.8, 4) is 5.69 Å². The minimum absolute atomic E-state index is 0.894. The van der Waals surface area contributed by atoms with Crippen molar-refractivity contribution in [2.45, 2.75) is 26.3 Å². The van der Waals surface area contributed by atoms with Crippen molar-refractivity contribution in [1.29, 1.82) is 0 Å².